The Bertz CT molecular complexity index is 240. The minimum absolute atomic E-state index is 0.291. The van der Waals surface area contributed by atoms with Crippen LogP contribution in [-0.4, -0.2) is 43.3 Å². The maximum Gasteiger partial charge on any atom is 0.407 e. The van der Waals surface area contributed by atoms with Crippen LogP contribution in [0, 0.1) is 5.92 Å². The van der Waals surface area contributed by atoms with E-state index in [0.717, 1.165) is 25.3 Å². The molecule has 1 rings (SSSR count). The first-order valence-electron chi connectivity index (χ1n) is 5.90. The summed E-state index contributed by atoms with van der Waals surface area (Å²) in [7, 11) is 4.16. The third kappa shape index (κ3) is 4.84. The van der Waals surface area contributed by atoms with Crippen molar-refractivity contribution in [2.75, 3.05) is 20.6 Å². The zero-order valence-electron chi connectivity index (χ0n) is 11.0. The molecule has 4 nitrogen and oxygen atoms in total. The van der Waals surface area contributed by atoms with E-state index in [9.17, 15) is 4.79 Å². The van der Waals surface area contributed by atoms with Crippen LogP contribution in [0.4, 0.5) is 4.79 Å². The highest BCUT2D eigenvalue weighted by atomic mass is 16.6. The molecule has 1 saturated carbocycles. The van der Waals surface area contributed by atoms with E-state index in [0.29, 0.717) is 6.04 Å². The van der Waals surface area contributed by atoms with Gasteiger partial charge in [0.2, 0.25) is 0 Å². The van der Waals surface area contributed by atoms with Gasteiger partial charge in [0.25, 0.3) is 0 Å². The van der Waals surface area contributed by atoms with Gasteiger partial charge in [-0.15, -0.1) is 0 Å². The molecule has 94 valence electrons. The lowest BCUT2D eigenvalue weighted by Crippen LogP contribution is -2.48. The van der Waals surface area contributed by atoms with Crippen molar-refractivity contribution in [2.24, 2.45) is 5.92 Å². The summed E-state index contributed by atoms with van der Waals surface area (Å²) in [6.45, 7) is 6.74. The van der Waals surface area contributed by atoms with Crippen molar-refractivity contribution in [3.05, 3.63) is 0 Å². The number of ether oxygens (including phenoxy) is 1. The number of carbonyl (C=O) groups excluding carboxylic acids is 1. The fourth-order valence-electron chi connectivity index (χ4n) is 1.99. The van der Waals surface area contributed by atoms with Gasteiger partial charge >= 0.3 is 6.09 Å². The van der Waals surface area contributed by atoms with Crippen LogP contribution in [0.5, 0.6) is 0 Å². The second kappa shape index (κ2) is 5.04. The molecule has 1 aliphatic rings. The van der Waals surface area contributed by atoms with Gasteiger partial charge in [0.15, 0.2) is 0 Å². The molecule has 16 heavy (non-hydrogen) atoms. The summed E-state index contributed by atoms with van der Waals surface area (Å²) in [4.78, 5) is 13.6. The molecule has 0 aliphatic heterocycles. The molecule has 1 aliphatic carbocycles. The van der Waals surface area contributed by atoms with Gasteiger partial charge in [0.1, 0.15) is 5.60 Å². The van der Waals surface area contributed by atoms with E-state index in [4.69, 9.17) is 4.74 Å². The summed E-state index contributed by atoms with van der Waals surface area (Å²) in [5.41, 5.74) is -0.406. The first kappa shape index (κ1) is 13.3. The molecule has 0 saturated heterocycles. The molecule has 4 heteroatoms. The van der Waals surface area contributed by atoms with Crippen LogP contribution in [0.1, 0.15) is 33.6 Å². The third-order valence-corrected chi connectivity index (χ3v) is 2.58. The normalized spacial score (nSPS) is 25.1. The number of amides is 1. The summed E-state index contributed by atoms with van der Waals surface area (Å²) in [6.07, 6.45) is 1.84. The molecular weight excluding hydrogens is 204 g/mol. The first-order chi connectivity index (χ1) is 7.26. The molecule has 0 atom stereocenters. The lowest BCUT2D eigenvalue weighted by atomic mass is 9.80. The summed E-state index contributed by atoms with van der Waals surface area (Å²) >= 11 is 0. The molecule has 0 heterocycles. The highest BCUT2D eigenvalue weighted by Crippen LogP contribution is 2.27. The summed E-state index contributed by atoms with van der Waals surface area (Å²) in [5.74, 6) is 0.718. The lowest BCUT2D eigenvalue weighted by Gasteiger charge is -2.37. The Labute approximate surface area is 98.3 Å². The molecule has 0 bridgehead atoms. The molecule has 0 spiro atoms. The van der Waals surface area contributed by atoms with Crippen LogP contribution in [0.15, 0.2) is 0 Å². The number of nitrogens with one attached hydrogen (secondary N) is 1. The van der Waals surface area contributed by atoms with Gasteiger partial charge in [-0.1, -0.05) is 0 Å². The number of alkyl carbamates (subject to hydrolysis) is 1. The van der Waals surface area contributed by atoms with Crippen molar-refractivity contribution < 1.29 is 9.53 Å². The monoisotopic (exact) mass is 228 g/mol. The second-order valence-corrected chi connectivity index (χ2v) is 5.94. The molecular formula is C12H24N2O2. The minimum atomic E-state index is -0.406. The van der Waals surface area contributed by atoms with E-state index in [1.807, 2.05) is 20.8 Å². The fraction of sp³-hybridized carbons (Fsp3) is 0.917. The van der Waals surface area contributed by atoms with E-state index in [2.05, 4.69) is 24.3 Å². The highest BCUT2D eigenvalue weighted by Gasteiger charge is 2.31. The zero-order chi connectivity index (χ0) is 12.3. The number of hydrogen-bond donors (Lipinski definition) is 1. The molecule has 0 aromatic rings. The van der Waals surface area contributed by atoms with Crippen LogP contribution in [0.2, 0.25) is 0 Å². The molecule has 0 aromatic carbocycles. The quantitative estimate of drug-likeness (QED) is 0.801. The Morgan fingerprint density at radius 1 is 1.38 bits per heavy atom. The molecule has 0 aromatic heterocycles. The minimum Gasteiger partial charge on any atom is -0.444 e. The molecule has 0 unspecified atom stereocenters. The second-order valence-electron chi connectivity index (χ2n) is 5.94. The van der Waals surface area contributed by atoms with Crippen LogP contribution in [-0.2, 0) is 4.74 Å². The third-order valence-electron chi connectivity index (χ3n) is 2.58. The van der Waals surface area contributed by atoms with Crippen molar-refractivity contribution in [2.45, 2.75) is 45.3 Å². The summed E-state index contributed by atoms with van der Waals surface area (Å²) in [6, 6.07) is 0.305. The van der Waals surface area contributed by atoms with Crippen LogP contribution >= 0.6 is 0 Å². The molecule has 1 N–H and O–H groups in total. The van der Waals surface area contributed by atoms with E-state index in [1.165, 1.54) is 0 Å². The summed E-state index contributed by atoms with van der Waals surface area (Å²) < 4.78 is 5.20. The molecule has 1 fully saturated rings. The Balaban J connectivity index is 2.15. The van der Waals surface area contributed by atoms with E-state index >= 15 is 0 Å². The van der Waals surface area contributed by atoms with Crippen molar-refractivity contribution in [3.8, 4) is 0 Å². The molecule has 0 radical (unpaired) electrons. The number of rotatable bonds is 3. The van der Waals surface area contributed by atoms with Gasteiger partial charge in [-0.05, 0) is 53.6 Å². The average Bonchev–Trinajstić information content (AvgIpc) is 1.95. The largest absolute Gasteiger partial charge is 0.444 e. The van der Waals surface area contributed by atoms with E-state index in [1.54, 1.807) is 0 Å². The maximum absolute atomic E-state index is 11.4. The average molecular weight is 228 g/mol. The standard InChI is InChI=1S/C12H24N2O2/c1-12(2,3)16-11(15)13-10-6-9(7-10)8-14(4)5/h9-10H,6-8H2,1-5H3,(H,13,15)/t9-,10+. The number of nitrogens with zero attached hydrogens (tertiary/aromatic N) is 1. The first-order valence-corrected chi connectivity index (χ1v) is 5.90. The van der Waals surface area contributed by atoms with Gasteiger partial charge in [0.05, 0.1) is 0 Å². The Morgan fingerprint density at radius 2 is 1.94 bits per heavy atom. The van der Waals surface area contributed by atoms with E-state index < -0.39 is 5.60 Å². The summed E-state index contributed by atoms with van der Waals surface area (Å²) in [5, 5.41) is 2.90. The SMILES string of the molecule is CN(C)C[C@H]1C[C@@H](NC(=O)OC(C)(C)C)C1. The van der Waals surface area contributed by atoms with Gasteiger partial charge in [-0.25, -0.2) is 4.79 Å². The predicted molar refractivity (Wildman–Crippen MR) is 64.4 cm³/mol. The Kier molecular flexibility index (Phi) is 4.19. The van der Waals surface area contributed by atoms with Crippen LogP contribution in [0.3, 0.4) is 0 Å². The topological polar surface area (TPSA) is 41.6 Å². The highest BCUT2D eigenvalue weighted by molar-refractivity contribution is 5.68. The van der Waals surface area contributed by atoms with Gasteiger partial charge in [-0.3, -0.25) is 0 Å². The fourth-order valence-corrected chi connectivity index (χ4v) is 1.99. The van der Waals surface area contributed by atoms with Gasteiger partial charge in [0, 0.05) is 12.6 Å². The Morgan fingerprint density at radius 3 is 2.38 bits per heavy atom. The number of carbonyl (C=O) groups is 1. The van der Waals surface area contributed by atoms with Crippen molar-refractivity contribution in [3.63, 3.8) is 0 Å². The van der Waals surface area contributed by atoms with Crippen molar-refractivity contribution in [1.82, 2.24) is 10.2 Å². The van der Waals surface area contributed by atoms with Gasteiger partial charge in [-0.2, -0.15) is 0 Å². The number of hydrogen-bond acceptors (Lipinski definition) is 3. The maximum atomic E-state index is 11.4. The van der Waals surface area contributed by atoms with E-state index in [-0.39, 0.29) is 6.09 Å². The van der Waals surface area contributed by atoms with Crippen molar-refractivity contribution >= 4 is 6.09 Å². The zero-order valence-corrected chi connectivity index (χ0v) is 11.0. The molecule has 1 amide bonds. The van der Waals surface area contributed by atoms with Crippen LogP contribution < -0.4 is 5.32 Å². The Hall–Kier alpha value is -0.770. The van der Waals surface area contributed by atoms with Crippen molar-refractivity contribution in [1.29, 1.82) is 0 Å². The smallest absolute Gasteiger partial charge is 0.407 e. The van der Waals surface area contributed by atoms with Gasteiger partial charge < -0.3 is 15.0 Å². The van der Waals surface area contributed by atoms with Crippen LogP contribution in [0.25, 0.3) is 0 Å². The predicted octanol–water partition coefficient (Wildman–Crippen LogP) is 1.85. The lowest BCUT2D eigenvalue weighted by molar-refractivity contribution is 0.0442.